The van der Waals surface area contributed by atoms with Gasteiger partial charge >= 0.3 is 6.09 Å². The second-order valence-electron chi connectivity index (χ2n) is 5.83. The third-order valence-corrected chi connectivity index (χ3v) is 3.95. The van der Waals surface area contributed by atoms with Gasteiger partial charge in [0.2, 0.25) is 5.91 Å². The Labute approximate surface area is 141 Å². The number of carbonyl (C=O) groups is 2. The number of hydrogen-bond acceptors (Lipinski definition) is 3. The summed E-state index contributed by atoms with van der Waals surface area (Å²) in [4.78, 5) is 25.6. The van der Waals surface area contributed by atoms with E-state index in [9.17, 15) is 9.59 Å². The Bertz CT molecular complexity index is 744. The van der Waals surface area contributed by atoms with Crippen LogP contribution in [0.15, 0.2) is 48.5 Å². The molecule has 1 N–H and O–H groups in total. The van der Waals surface area contributed by atoms with Gasteiger partial charge in [-0.3, -0.25) is 9.69 Å². The van der Waals surface area contributed by atoms with E-state index in [2.05, 4.69) is 5.32 Å². The number of rotatable bonds is 4. The molecule has 5 heteroatoms. The molecule has 0 aliphatic carbocycles. The van der Waals surface area contributed by atoms with E-state index in [4.69, 9.17) is 4.74 Å². The Morgan fingerprint density at radius 2 is 2.00 bits per heavy atom. The topological polar surface area (TPSA) is 58.6 Å². The summed E-state index contributed by atoms with van der Waals surface area (Å²) in [6.45, 7) is 3.05. The van der Waals surface area contributed by atoms with E-state index < -0.39 is 0 Å². The van der Waals surface area contributed by atoms with E-state index in [1.54, 1.807) is 4.90 Å². The highest BCUT2D eigenvalue weighted by atomic mass is 16.6. The molecule has 0 bridgehead atoms. The number of hydrogen-bond donors (Lipinski definition) is 1. The summed E-state index contributed by atoms with van der Waals surface area (Å²) in [6, 6.07) is 15.1. The van der Waals surface area contributed by atoms with Crippen LogP contribution in [0.4, 0.5) is 16.2 Å². The van der Waals surface area contributed by atoms with E-state index in [-0.39, 0.29) is 12.0 Å². The lowest BCUT2D eigenvalue weighted by atomic mass is 10.1. The van der Waals surface area contributed by atoms with Gasteiger partial charge in [0, 0.05) is 12.2 Å². The van der Waals surface area contributed by atoms with Gasteiger partial charge in [0.1, 0.15) is 0 Å². The van der Waals surface area contributed by atoms with Crippen LogP contribution in [0.1, 0.15) is 17.5 Å². The molecule has 1 saturated heterocycles. The van der Waals surface area contributed by atoms with Gasteiger partial charge in [0.05, 0.1) is 18.7 Å². The van der Waals surface area contributed by atoms with Crippen LogP contribution in [-0.2, 0) is 16.0 Å². The summed E-state index contributed by atoms with van der Waals surface area (Å²) in [5, 5.41) is 2.90. The standard InChI is InChI=1S/C19H20N2O3/c1-14-12-16(20-18(22)13-15-6-3-2-4-7-15)8-9-17(14)21-10-5-11-24-19(21)23/h2-4,6-9,12H,5,10-11,13H2,1H3,(H,20,22). The lowest BCUT2D eigenvalue weighted by Gasteiger charge is -2.27. The SMILES string of the molecule is Cc1cc(NC(=O)Cc2ccccc2)ccc1N1CCCOC1=O. The van der Waals surface area contributed by atoms with Gasteiger partial charge in [-0.1, -0.05) is 30.3 Å². The summed E-state index contributed by atoms with van der Waals surface area (Å²) in [6.07, 6.45) is 0.839. The predicted octanol–water partition coefficient (Wildman–Crippen LogP) is 3.52. The molecule has 5 nitrogen and oxygen atoms in total. The zero-order valence-corrected chi connectivity index (χ0v) is 13.6. The quantitative estimate of drug-likeness (QED) is 0.936. The van der Waals surface area contributed by atoms with E-state index in [0.29, 0.717) is 19.6 Å². The Morgan fingerprint density at radius 1 is 1.21 bits per heavy atom. The minimum atomic E-state index is -0.315. The first-order valence-electron chi connectivity index (χ1n) is 8.02. The monoisotopic (exact) mass is 324 g/mol. The van der Waals surface area contributed by atoms with Gasteiger partial charge in [-0.2, -0.15) is 0 Å². The van der Waals surface area contributed by atoms with Crippen LogP contribution in [0.3, 0.4) is 0 Å². The minimum Gasteiger partial charge on any atom is -0.449 e. The van der Waals surface area contributed by atoms with Crippen LogP contribution in [0.5, 0.6) is 0 Å². The van der Waals surface area contributed by atoms with Crippen molar-refractivity contribution in [2.24, 2.45) is 0 Å². The van der Waals surface area contributed by atoms with Gasteiger partial charge in [-0.25, -0.2) is 4.79 Å². The van der Waals surface area contributed by atoms with Crippen LogP contribution >= 0.6 is 0 Å². The molecule has 24 heavy (non-hydrogen) atoms. The second kappa shape index (κ2) is 7.17. The van der Waals surface area contributed by atoms with Crippen LogP contribution in [-0.4, -0.2) is 25.2 Å². The molecule has 1 heterocycles. The highest BCUT2D eigenvalue weighted by Crippen LogP contribution is 2.26. The molecule has 1 aliphatic heterocycles. The Balaban J connectivity index is 1.68. The average molecular weight is 324 g/mol. The largest absolute Gasteiger partial charge is 0.449 e. The first-order valence-corrected chi connectivity index (χ1v) is 8.02. The van der Waals surface area contributed by atoms with E-state index in [0.717, 1.165) is 28.9 Å². The molecule has 1 fully saturated rings. The van der Waals surface area contributed by atoms with Gasteiger partial charge < -0.3 is 10.1 Å². The van der Waals surface area contributed by atoms with Crippen molar-refractivity contribution in [2.45, 2.75) is 19.8 Å². The number of amides is 2. The number of carbonyl (C=O) groups excluding carboxylic acids is 2. The maximum Gasteiger partial charge on any atom is 0.414 e. The van der Waals surface area contributed by atoms with Crippen LogP contribution in [0.2, 0.25) is 0 Å². The van der Waals surface area contributed by atoms with Gasteiger partial charge in [-0.05, 0) is 42.7 Å². The predicted molar refractivity (Wildman–Crippen MR) is 93.3 cm³/mol. The van der Waals surface area contributed by atoms with Crippen molar-refractivity contribution in [1.29, 1.82) is 0 Å². The fraction of sp³-hybridized carbons (Fsp3) is 0.263. The lowest BCUT2D eigenvalue weighted by Crippen LogP contribution is -2.38. The zero-order chi connectivity index (χ0) is 16.9. The molecular formula is C19H20N2O3. The smallest absolute Gasteiger partial charge is 0.414 e. The molecule has 124 valence electrons. The lowest BCUT2D eigenvalue weighted by molar-refractivity contribution is -0.115. The van der Waals surface area contributed by atoms with Gasteiger partial charge in [-0.15, -0.1) is 0 Å². The van der Waals surface area contributed by atoms with Crippen molar-refractivity contribution >= 4 is 23.4 Å². The summed E-state index contributed by atoms with van der Waals surface area (Å²) >= 11 is 0. The van der Waals surface area contributed by atoms with Gasteiger partial charge in [0.25, 0.3) is 0 Å². The van der Waals surface area contributed by atoms with Crippen LogP contribution < -0.4 is 10.2 Å². The fourth-order valence-corrected chi connectivity index (χ4v) is 2.79. The van der Waals surface area contributed by atoms with Crippen molar-refractivity contribution in [3.8, 4) is 0 Å². The third kappa shape index (κ3) is 3.74. The van der Waals surface area contributed by atoms with Crippen molar-refractivity contribution in [3.63, 3.8) is 0 Å². The first-order chi connectivity index (χ1) is 11.6. The first kappa shape index (κ1) is 16.1. The Kier molecular flexibility index (Phi) is 4.79. The Morgan fingerprint density at radius 3 is 2.71 bits per heavy atom. The maximum atomic E-state index is 12.1. The van der Waals surface area contributed by atoms with Gasteiger partial charge in [0.15, 0.2) is 0 Å². The van der Waals surface area contributed by atoms with Crippen molar-refractivity contribution < 1.29 is 14.3 Å². The molecular weight excluding hydrogens is 304 g/mol. The molecule has 0 saturated carbocycles. The normalized spacial score (nSPS) is 14.2. The average Bonchev–Trinajstić information content (AvgIpc) is 2.57. The third-order valence-electron chi connectivity index (χ3n) is 3.95. The molecule has 3 rings (SSSR count). The minimum absolute atomic E-state index is 0.0641. The zero-order valence-electron chi connectivity index (χ0n) is 13.6. The number of nitrogens with zero attached hydrogens (tertiary/aromatic N) is 1. The molecule has 0 spiro atoms. The molecule has 0 aromatic heterocycles. The molecule has 2 aromatic rings. The number of anilines is 2. The molecule has 0 unspecified atom stereocenters. The van der Waals surface area contributed by atoms with Crippen LogP contribution in [0, 0.1) is 6.92 Å². The number of benzene rings is 2. The number of aryl methyl sites for hydroxylation is 1. The van der Waals surface area contributed by atoms with E-state index in [1.165, 1.54) is 0 Å². The highest BCUT2D eigenvalue weighted by Gasteiger charge is 2.22. The number of cyclic esters (lactones) is 1. The second-order valence-corrected chi connectivity index (χ2v) is 5.83. The number of nitrogens with one attached hydrogen (secondary N) is 1. The van der Waals surface area contributed by atoms with Crippen molar-refractivity contribution in [1.82, 2.24) is 0 Å². The Hall–Kier alpha value is -2.82. The number of ether oxygens (including phenoxy) is 1. The fourth-order valence-electron chi connectivity index (χ4n) is 2.79. The van der Waals surface area contributed by atoms with Crippen molar-refractivity contribution in [2.75, 3.05) is 23.4 Å². The van der Waals surface area contributed by atoms with E-state index >= 15 is 0 Å². The van der Waals surface area contributed by atoms with E-state index in [1.807, 2.05) is 55.5 Å². The van der Waals surface area contributed by atoms with Crippen molar-refractivity contribution in [3.05, 3.63) is 59.7 Å². The maximum absolute atomic E-state index is 12.1. The summed E-state index contributed by atoms with van der Waals surface area (Å²) in [7, 11) is 0. The summed E-state index contributed by atoms with van der Waals surface area (Å²) in [5.41, 5.74) is 3.44. The van der Waals surface area contributed by atoms with Crippen LogP contribution in [0.25, 0.3) is 0 Å². The molecule has 0 atom stereocenters. The molecule has 1 aliphatic rings. The highest BCUT2D eigenvalue weighted by molar-refractivity contribution is 5.94. The molecule has 0 radical (unpaired) electrons. The molecule has 2 aromatic carbocycles. The summed E-state index contributed by atoms with van der Waals surface area (Å²) in [5.74, 6) is -0.0641. The summed E-state index contributed by atoms with van der Waals surface area (Å²) < 4.78 is 5.08. The molecule has 2 amide bonds.